The zero-order chi connectivity index (χ0) is 22.3. The number of ether oxygens (including phenoxy) is 2. The van der Waals surface area contributed by atoms with Crippen LogP contribution >= 0.6 is 11.6 Å². The number of nitrogens with zero attached hydrogens (tertiary/aromatic N) is 1. The van der Waals surface area contributed by atoms with Gasteiger partial charge in [0.1, 0.15) is 30.2 Å². The first-order valence-electron chi connectivity index (χ1n) is 10.1. The first kappa shape index (κ1) is 22.1. The molecule has 4 rings (SSSR count). The van der Waals surface area contributed by atoms with E-state index in [1.807, 2.05) is 49.5 Å². The predicted octanol–water partition coefficient (Wildman–Crippen LogP) is 2.17. The van der Waals surface area contributed by atoms with Crippen LogP contribution in [0.4, 0.5) is 0 Å². The molecule has 8 heteroatoms. The number of halogens is 1. The molecule has 5 atom stereocenters. The van der Waals surface area contributed by atoms with E-state index in [-0.39, 0.29) is 0 Å². The highest BCUT2D eigenvalue weighted by Gasteiger charge is 2.44. The monoisotopic (exact) mass is 447 g/mol. The molecule has 7 nitrogen and oxygen atoms in total. The molecule has 0 aliphatic carbocycles. The van der Waals surface area contributed by atoms with Crippen molar-refractivity contribution in [3.8, 4) is 5.75 Å². The SMILES string of the molecule is COc1ccc(Cc2cn([C@@H]3O[C@H](CO)[C@@H](O)[C@H](O)[C@H]3O)c3cc(C)cc(Cl)c23)cc1. The fourth-order valence-corrected chi connectivity index (χ4v) is 4.56. The molecule has 1 aromatic heterocycles. The smallest absolute Gasteiger partial charge is 0.163 e. The molecule has 0 radical (unpaired) electrons. The summed E-state index contributed by atoms with van der Waals surface area (Å²) in [6, 6.07) is 11.5. The molecule has 0 spiro atoms. The maximum Gasteiger partial charge on any atom is 0.163 e. The van der Waals surface area contributed by atoms with Crippen molar-refractivity contribution in [3.63, 3.8) is 0 Å². The second-order valence-electron chi connectivity index (χ2n) is 7.95. The van der Waals surface area contributed by atoms with Gasteiger partial charge in [-0.25, -0.2) is 0 Å². The molecule has 0 unspecified atom stereocenters. The number of aromatic nitrogens is 1. The van der Waals surface area contributed by atoms with Crippen LogP contribution in [0.25, 0.3) is 10.9 Å². The molecule has 0 bridgehead atoms. The third kappa shape index (κ3) is 4.05. The number of methoxy groups -OCH3 is 1. The minimum Gasteiger partial charge on any atom is -0.497 e. The second-order valence-corrected chi connectivity index (χ2v) is 8.35. The first-order valence-corrected chi connectivity index (χ1v) is 10.4. The Morgan fingerprint density at radius 1 is 1.06 bits per heavy atom. The van der Waals surface area contributed by atoms with Crippen LogP contribution in [0.1, 0.15) is 22.9 Å². The topological polar surface area (TPSA) is 104 Å². The van der Waals surface area contributed by atoms with Crippen LogP contribution in [0, 0.1) is 6.92 Å². The van der Waals surface area contributed by atoms with Gasteiger partial charge in [0.2, 0.25) is 0 Å². The van der Waals surface area contributed by atoms with Gasteiger partial charge in [0, 0.05) is 11.6 Å². The average Bonchev–Trinajstić information content (AvgIpc) is 3.11. The Balaban J connectivity index is 1.80. The van der Waals surface area contributed by atoms with E-state index < -0.39 is 37.3 Å². The number of benzene rings is 2. The lowest BCUT2D eigenvalue weighted by Gasteiger charge is -2.40. The van der Waals surface area contributed by atoms with E-state index in [0.29, 0.717) is 11.4 Å². The third-order valence-corrected chi connectivity index (χ3v) is 6.10. The highest BCUT2D eigenvalue weighted by atomic mass is 35.5. The summed E-state index contributed by atoms with van der Waals surface area (Å²) in [4.78, 5) is 0. The van der Waals surface area contributed by atoms with Crippen molar-refractivity contribution in [2.24, 2.45) is 0 Å². The van der Waals surface area contributed by atoms with Crippen molar-refractivity contribution in [2.75, 3.05) is 13.7 Å². The molecule has 2 heterocycles. The van der Waals surface area contributed by atoms with Crippen LogP contribution in [-0.2, 0) is 11.2 Å². The summed E-state index contributed by atoms with van der Waals surface area (Å²) < 4.78 is 12.7. The predicted molar refractivity (Wildman–Crippen MR) is 117 cm³/mol. The number of hydrogen-bond acceptors (Lipinski definition) is 6. The molecule has 166 valence electrons. The molecule has 1 aliphatic rings. The number of hydrogen-bond donors (Lipinski definition) is 4. The molecular formula is C23H26ClNO6. The number of aliphatic hydroxyl groups is 4. The van der Waals surface area contributed by atoms with Crippen molar-refractivity contribution in [3.05, 3.63) is 64.3 Å². The molecular weight excluding hydrogens is 422 g/mol. The van der Waals surface area contributed by atoms with Crippen LogP contribution in [0.15, 0.2) is 42.6 Å². The molecule has 1 aliphatic heterocycles. The number of aliphatic hydroxyl groups excluding tert-OH is 4. The summed E-state index contributed by atoms with van der Waals surface area (Å²) in [6.45, 7) is 1.43. The Morgan fingerprint density at radius 2 is 1.77 bits per heavy atom. The average molecular weight is 448 g/mol. The van der Waals surface area contributed by atoms with Crippen LogP contribution in [0.5, 0.6) is 5.75 Å². The van der Waals surface area contributed by atoms with Gasteiger partial charge in [-0.2, -0.15) is 0 Å². The summed E-state index contributed by atoms with van der Waals surface area (Å²) in [6.07, 6.45) is -3.84. The summed E-state index contributed by atoms with van der Waals surface area (Å²) in [5, 5.41) is 42.0. The van der Waals surface area contributed by atoms with E-state index in [0.717, 1.165) is 33.3 Å². The van der Waals surface area contributed by atoms with Gasteiger partial charge in [0.15, 0.2) is 6.23 Å². The maximum absolute atomic E-state index is 10.6. The van der Waals surface area contributed by atoms with Gasteiger partial charge in [-0.1, -0.05) is 23.7 Å². The Hall–Kier alpha value is -2.13. The Bertz CT molecular complexity index is 1060. The molecule has 2 aromatic carbocycles. The molecule has 1 saturated heterocycles. The van der Waals surface area contributed by atoms with Crippen molar-refractivity contribution in [2.45, 2.75) is 44.0 Å². The van der Waals surface area contributed by atoms with Crippen molar-refractivity contribution in [1.29, 1.82) is 0 Å². The summed E-state index contributed by atoms with van der Waals surface area (Å²) in [5.41, 5.74) is 3.63. The van der Waals surface area contributed by atoms with Gasteiger partial charge < -0.3 is 34.5 Å². The summed E-state index contributed by atoms with van der Waals surface area (Å²) in [5.74, 6) is 0.765. The third-order valence-electron chi connectivity index (χ3n) is 5.80. The first-order chi connectivity index (χ1) is 14.8. The lowest BCUT2D eigenvalue weighted by Crippen LogP contribution is -2.56. The Kier molecular flexibility index (Phi) is 6.25. The minimum absolute atomic E-state index is 0.487. The quantitative estimate of drug-likeness (QED) is 0.478. The molecule has 4 N–H and O–H groups in total. The van der Waals surface area contributed by atoms with Crippen LogP contribution in [0.3, 0.4) is 0 Å². The lowest BCUT2D eigenvalue weighted by molar-refractivity contribution is -0.250. The zero-order valence-electron chi connectivity index (χ0n) is 17.3. The molecule has 1 fully saturated rings. The number of rotatable bonds is 5. The van der Waals surface area contributed by atoms with Crippen LogP contribution in [-0.4, -0.2) is 63.1 Å². The lowest BCUT2D eigenvalue weighted by atomic mass is 9.98. The fourth-order valence-electron chi connectivity index (χ4n) is 4.17. The van der Waals surface area contributed by atoms with E-state index in [4.69, 9.17) is 21.1 Å². The maximum atomic E-state index is 10.6. The Labute approximate surface area is 185 Å². The highest BCUT2D eigenvalue weighted by Crippen LogP contribution is 2.37. The van der Waals surface area contributed by atoms with Crippen molar-refractivity contribution >= 4 is 22.5 Å². The van der Waals surface area contributed by atoms with E-state index in [1.54, 1.807) is 11.7 Å². The van der Waals surface area contributed by atoms with Crippen molar-refractivity contribution in [1.82, 2.24) is 4.57 Å². The fraction of sp³-hybridized carbons (Fsp3) is 0.391. The van der Waals surface area contributed by atoms with Gasteiger partial charge in [0.25, 0.3) is 0 Å². The second kappa shape index (κ2) is 8.78. The van der Waals surface area contributed by atoms with Gasteiger partial charge in [0.05, 0.1) is 24.3 Å². The van der Waals surface area contributed by atoms with E-state index in [1.165, 1.54) is 0 Å². The van der Waals surface area contributed by atoms with E-state index in [2.05, 4.69) is 0 Å². The van der Waals surface area contributed by atoms with E-state index >= 15 is 0 Å². The van der Waals surface area contributed by atoms with Gasteiger partial charge in [-0.15, -0.1) is 0 Å². The molecule has 31 heavy (non-hydrogen) atoms. The normalized spacial score (nSPS) is 26.4. The largest absolute Gasteiger partial charge is 0.497 e. The molecule has 3 aromatic rings. The van der Waals surface area contributed by atoms with Gasteiger partial charge >= 0.3 is 0 Å². The zero-order valence-corrected chi connectivity index (χ0v) is 18.0. The van der Waals surface area contributed by atoms with Gasteiger partial charge in [-0.3, -0.25) is 0 Å². The van der Waals surface area contributed by atoms with Crippen LogP contribution < -0.4 is 4.74 Å². The highest BCUT2D eigenvalue weighted by molar-refractivity contribution is 6.35. The number of fused-ring (bicyclic) bond motifs is 1. The van der Waals surface area contributed by atoms with Crippen molar-refractivity contribution < 1.29 is 29.9 Å². The molecule has 0 saturated carbocycles. The minimum atomic E-state index is -1.46. The molecule has 0 amide bonds. The van der Waals surface area contributed by atoms with E-state index in [9.17, 15) is 20.4 Å². The Morgan fingerprint density at radius 3 is 2.42 bits per heavy atom. The van der Waals surface area contributed by atoms with Gasteiger partial charge in [-0.05, 0) is 54.3 Å². The standard InChI is InChI=1S/C23H26ClNO6/c1-12-7-16(24)19-14(9-13-3-5-15(30-2)6-4-13)10-25(17(19)8-12)23-22(29)21(28)20(27)18(11-26)31-23/h3-8,10,18,20-23,26-29H,9,11H2,1-2H3/t18-,20-,21+,22-,23-/m1/s1. The summed E-state index contributed by atoms with van der Waals surface area (Å²) in [7, 11) is 1.62. The van der Waals surface area contributed by atoms with Crippen LogP contribution in [0.2, 0.25) is 5.02 Å². The summed E-state index contributed by atoms with van der Waals surface area (Å²) >= 11 is 6.61. The number of aryl methyl sites for hydroxylation is 1.